The minimum Gasteiger partial charge on any atom is -0.481 e. The summed E-state index contributed by atoms with van der Waals surface area (Å²) in [7, 11) is -3.78. The summed E-state index contributed by atoms with van der Waals surface area (Å²) in [6, 6.07) is 5.63. The number of aliphatic carboxylic acids is 1. The van der Waals surface area contributed by atoms with E-state index in [0.717, 1.165) is 11.3 Å². The lowest BCUT2D eigenvalue weighted by Crippen LogP contribution is -2.40. The predicted octanol–water partition coefficient (Wildman–Crippen LogP) is 1.76. The number of anilines is 2. The van der Waals surface area contributed by atoms with Gasteiger partial charge in [0, 0.05) is 17.3 Å². The number of amides is 1. The van der Waals surface area contributed by atoms with E-state index < -0.39 is 45.9 Å². The highest BCUT2D eigenvalue weighted by atomic mass is 32.2. The molecule has 0 aliphatic carbocycles. The molecule has 1 aromatic heterocycles. The van der Waals surface area contributed by atoms with Gasteiger partial charge in [0.05, 0.1) is 28.9 Å². The van der Waals surface area contributed by atoms with E-state index in [1.165, 1.54) is 30.5 Å². The van der Waals surface area contributed by atoms with Gasteiger partial charge in [0.2, 0.25) is 5.91 Å². The molecule has 9 nitrogen and oxygen atoms in total. The zero-order chi connectivity index (χ0) is 19.9. The second kappa shape index (κ2) is 7.15. The fraction of sp³-hybridized carbons (Fsp3) is 0.353. The number of nitrogens with one attached hydrogen (secondary N) is 2. The van der Waals surface area contributed by atoms with Crippen molar-refractivity contribution >= 4 is 44.1 Å². The molecule has 2 bridgehead atoms. The van der Waals surface area contributed by atoms with Gasteiger partial charge in [-0.1, -0.05) is 0 Å². The number of carbonyl (C=O) groups is 2. The number of fused-ring (bicyclic) bond motifs is 2. The van der Waals surface area contributed by atoms with E-state index in [0.29, 0.717) is 18.5 Å². The van der Waals surface area contributed by atoms with Gasteiger partial charge in [-0.05, 0) is 37.1 Å². The monoisotopic (exact) mass is 423 g/mol. The van der Waals surface area contributed by atoms with Gasteiger partial charge in [-0.25, -0.2) is 13.4 Å². The molecule has 11 heteroatoms. The highest BCUT2D eigenvalue weighted by Gasteiger charge is 2.55. The second-order valence-corrected chi connectivity index (χ2v) is 9.21. The van der Waals surface area contributed by atoms with Crippen LogP contribution in [0.1, 0.15) is 12.8 Å². The van der Waals surface area contributed by atoms with Gasteiger partial charge >= 0.3 is 5.97 Å². The van der Waals surface area contributed by atoms with Crippen molar-refractivity contribution < 1.29 is 27.9 Å². The largest absolute Gasteiger partial charge is 0.481 e. The van der Waals surface area contributed by atoms with E-state index in [4.69, 9.17) is 4.74 Å². The third-order valence-corrected chi connectivity index (χ3v) is 7.12. The summed E-state index contributed by atoms with van der Waals surface area (Å²) in [6.45, 7) is 0. The van der Waals surface area contributed by atoms with Crippen LogP contribution in [0.15, 0.2) is 40.7 Å². The lowest BCUT2D eigenvalue weighted by molar-refractivity contribution is -0.147. The van der Waals surface area contributed by atoms with Crippen LogP contribution in [0, 0.1) is 11.8 Å². The summed E-state index contributed by atoms with van der Waals surface area (Å²) in [5, 5.41) is 14.0. The summed E-state index contributed by atoms with van der Waals surface area (Å²) in [5.41, 5.74) is 0.380. The molecule has 2 saturated heterocycles. The van der Waals surface area contributed by atoms with Gasteiger partial charge in [0.25, 0.3) is 10.0 Å². The first-order valence-electron chi connectivity index (χ1n) is 8.57. The van der Waals surface area contributed by atoms with Crippen molar-refractivity contribution in [1.29, 1.82) is 0 Å². The third kappa shape index (κ3) is 3.48. The van der Waals surface area contributed by atoms with Crippen molar-refractivity contribution in [2.24, 2.45) is 11.8 Å². The Morgan fingerprint density at radius 2 is 1.82 bits per heavy atom. The van der Waals surface area contributed by atoms with Gasteiger partial charge < -0.3 is 15.2 Å². The van der Waals surface area contributed by atoms with E-state index in [-0.39, 0.29) is 10.0 Å². The van der Waals surface area contributed by atoms with E-state index >= 15 is 0 Å². The van der Waals surface area contributed by atoms with Crippen molar-refractivity contribution in [3.8, 4) is 0 Å². The Labute approximate surface area is 164 Å². The Hall–Kier alpha value is -2.50. The van der Waals surface area contributed by atoms with Crippen LogP contribution in [0.5, 0.6) is 0 Å². The van der Waals surface area contributed by atoms with E-state index in [9.17, 15) is 23.1 Å². The summed E-state index contributed by atoms with van der Waals surface area (Å²) < 4.78 is 32.6. The molecule has 4 atom stereocenters. The average Bonchev–Trinajstić information content (AvgIpc) is 3.38. The first-order chi connectivity index (χ1) is 13.3. The van der Waals surface area contributed by atoms with E-state index in [1.807, 2.05) is 0 Å². The standard InChI is InChI=1S/C17H17N3O6S2/c21-15(13-11-5-6-12(26-11)14(13)16(22)23)19-9-1-3-10(4-2-9)28(24,25)20-17-18-7-8-27-17/h1-4,7-8,11-14H,5-6H2,(H,18,20)(H,19,21)(H,22,23)/t11-,12-,13-,14-/m1/s1. The number of carbonyl (C=O) groups excluding carboxylic acids is 1. The zero-order valence-electron chi connectivity index (χ0n) is 14.4. The Morgan fingerprint density at radius 1 is 1.14 bits per heavy atom. The highest BCUT2D eigenvalue weighted by Crippen LogP contribution is 2.44. The van der Waals surface area contributed by atoms with Crippen molar-refractivity contribution in [2.45, 2.75) is 29.9 Å². The minimum atomic E-state index is -3.78. The van der Waals surface area contributed by atoms with Crippen LogP contribution in [0.4, 0.5) is 10.8 Å². The van der Waals surface area contributed by atoms with Crippen molar-refractivity contribution in [3.63, 3.8) is 0 Å². The molecule has 0 spiro atoms. The molecule has 2 aliphatic heterocycles. The predicted molar refractivity (Wildman–Crippen MR) is 101 cm³/mol. The maximum absolute atomic E-state index is 12.6. The SMILES string of the molecule is O=C(O)[C@H]1[C@H](C(=O)Nc2ccc(S(=O)(=O)Nc3nccs3)cc2)[C@H]2CC[C@H]1O2. The molecule has 148 valence electrons. The lowest BCUT2D eigenvalue weighted by Gasteiger charge is -2.23. The Bertz CT molecular complexity index is 990. The van der Waals surface area contributed by atoms with Crippen LogP contribution in [-0.2, 0) is 24.3 Å². The van der Waals surface area contributed by atoms with Crippen molar-refractivity contribution in [2.75, 3.05) is 10.0 Å². The normalized spacial score (nSPS) is 26.1. The van der Waals surface area contributed by atoms with Gasteiger partial charge in [0.1, 0.15) is 0 Å². The van der Waals surface area contributed by atoms with Crippen molar-refractivity contribution in [3.05, 3.63) is 35.8 Å². The highest BCUT2D eigenvalue weighted by molar-refractivity contribution is 7.93. The van der Waals surface area contributed by atoms with Crippen LogP contribution in [0.25, 0.3) is 0 Å². The fourth-order valence-electron chi connectivity index (χ4n) is 3.72. The number of aromatic nitrogens is 1. The first kappa shape index (κ1) is 18.8. The number of nitrogens with zero attached hydrogens (tertiary/aromatic N) is 1. The smallest absolute Gasteiger partial charge is 0.310 e. The number of hydrogen-bond donors (Lipinski definition) is 3. The molecule has 4 rings (SSSR count). The number of thiazole rings is 1. The third-order valence-electron chi connectivity index (χ3n) is 4.95. The summed E-state index contributed by atoms with van der Waals surface area (Å²) in [6.07, 6.45) is 1.97. The van der Waals surface area contributed by atoms with Crippen LogP contribution < -0.4 is 10.0 Å². The van der Waals surface area contributed by atoms with Crippen LogP contribution >= 0.6 is 11.3 Å². The fourth-order valence-corrected chi connectivity index (χ4v) is 5.50. The molecule has 3 N–H and O–H groups in total. The molecule has 2 fully saturated rings. The summed E-state index contributed by atoms with van der Waals surface area (Å²) >= 11 is 1.16. The maximum Gasteiger partial charge on any atom is 0.310 e. The Balaban J connectivity index is 1.46. The van der Waals surface area contributed by atoms with Crippen LogP contribution in [-0.4, -0.2) is 42.6 Å². The second-order valence-electron chi connectivity index (χ2n) is 6.64. The first-order valence-corrected chi connectivity index (χ1v) is 10.9. The molecule has 0 unspecified atom stereocenters. The number of rotatable bonds is 6. The van der Waals surface area contributed by atoms with E-state index in [1.54, 1.807) is 5.38 Å². The molecule has 3 heterocycles. The maximum atomic E-state index is 12.6. The summed E-state index contributed by atoms with van der Waals surface area (Å²) in [5.74, 6) is -3.09. The van der Waals surface area contributed by atoms with Crippen LogP contribution in [0.3, 0.4) is 0 Å². The zero-order valence-corrected chi connectivity index (χ0v) is 16.1. The van der Waals surface area contributed by atoms with Gasteiger partial charge in [-0.15, -0.1) is 11.3 Å². The number of ether oxygens (including phenoxy) is 1. The lowest BCUT2D eigenvalue weighted by atomic mass is 9.78. The Morgan fingerprint density at radius 3 is 2.43 bits per heavy atom. The molecule has 28 heavy (non-hydrogen) atoms. The number of carboxylic acid groups (broad SMARTS) is 1. The number of sulfonamides is 1. The van der Waals surface area contributed by atoms with Crippen LogP contribution in [0.2, 0.25) is 0 Å². The number of hydrogen-bond acceptors (Lipinski definition) is 7. The van der Waals surface area contributed by atoms with Crippen molar-refractivity contribution in [1.82, 2.24) is 4.98 Å². The van der Waals surface area contributed by atoms with Gasteiger partial charge in [-0.3, -0.25) is 14.3 Å². The molecule has 0 saturated carbocycles. The molecule has 1 amide bonds. The molecular weight excluding hydrogens is 406 g/mol. The molecule has 2 aromatic rings. The average molecular weight is 423 g/mol. The number of carboxylic acids is 1. The van der Waals surface area contributed by atoms with E-state index in [2.05, 4.69) is 15.0 Å². The molecule has 0 radical (unpaired) electrons. The van der Waals surface area contributed by atoms with Gasteiger partial charge in [-0.2, -0.15) is 0 Å². The molecular formula is C17H17N3O6S2. The Kier molecular flexibility index (Phi) is 4.81. The van der Waals surface area contributed by atoms with Gasteiger partial charge in [0.15, 0.2) is 5.13 Å². The quantitative estimate of drug-likeness (QED) is 0.644. The molecule has 2 aliphatic rings. The number of benzene rings is 1. The summed E-state index contributed by atoms with van der Waals surface area (Å²) in [4.78, 5) is 28.0. The topological polar surface area (TPSA) is 135 Å². The minimum absolute atomic E-state index is 0.0207. The molecule has 1 aromatic carbocycles.